The second-order valence-electron chi connectivity index (χ2n) is 4.35. The molecule has 1 aromatic carbocycles. The van der Waals surface area contributed by atoms with Gasteiger partial charge in [-0.15, -0.1) is 0 Å². The van der Waals surface area contributed by atoms with Crippen LogP contribution in [0.1, 0.15) is 0 Å². The Kier molecular flexibility index (Phi) is 9.74. The molecule has 0 amide bonds. The topological polar surface area (TPSA) is 60.0 Å². The highest BCUT2D eigenvalue weighted by Gasteiger charge is 2.06. The molecule has 0 saturated carbocycles. The molecule has 1 atom stereocenters. The lowest BCUT2D eigenvalue weighted by atomic mass is 10.3. The van der Waals surface area contributed by atoms with Crippen molar-refractivity contribution in [2.45, 2.75) is 6.10 Å². The number of methoxy groups -OCH3 is 1. The van der Waals surface area contributed by atoms with Crippen molar-refractivity contribution in [2.24, 2.45) is 0 Å². The molecule has 0 spiro atoms. The Bertz CT molecular complexity index is 407. The summed E-state index contributed by atoms with van der Waals surface area (Å²) in [6.07, 6.45) is -0.613. The van der Waals surface area contributed by atoms with Gasteiger partial charge < -0.3 is 24.6 Å². The zero-order chi connectivity index (χ0) is 15.5. The maximum absolute atomic E-state index is 9.77. The van der Waals surface area contributed by atoms with E-state index >= 15 is 0 Å². The minimum absolute atomic E-state index is 0.176. The van der Waals surface area contributed by atoms with Crippen molar-refractivity contribution in [3.63, 3.8) is 0 Å². The van der Waals surface area contributed by atoms with Crippen LogP contribution in [0.3, 0.4) is 0 Å². The molecular weight excluding hydrogens is 317 g/mol. The minimum atomic E-state index is -0.613. The van der Waals surface area contributed by atoms with Crippen LogP contribution < -0.4 is 10.1 Å². The van der Waals surface area contributed by atoms with Gasteiger partial charge in [0.05, 0.1) is 29.9 Å². The van der Waals surface area contributed by atoms with Crippen LogP contribution in [0.4, 0.5) is 0 Å². The molecule has 0 aliphatic carbocycles. The van der Waals surface area contributed by atoms with Gasteiger partial charge in [0.15, 0.2) is 0 Å². The average molecular weight is 338 g/mol. The summed E-state index contributed by atoms with van der Waals surface area (Å²) in [5.41, 5.74) is 0. The van der Waals surface area contributed by atoms with Gasteiger partial charge >= 0.3 is 0 Å². The highest BCUT2D eigenvalue weighted by molar-refractivity contribution is 6.42. The number of aliphatic hydroxyl groups excluding tert-OH is 1. The van der Waals surface area contributed by atoms with Gasteiger partial charge in [0.2, 0.25) is 0 Å². The van der Waals surface area contributed by atoms with E-state index in [9.17, 15) is 5.11 Å². The predicted octanol–water partition coefficient (Wildman–Crippen LogP) is 1.99. The highest BCUT2D eigenvalue weighted by Crippen LogP contribution is 2.26. The van der Waals surface area contributed by atoms with Crippen molar-refractivity contribution >= 4 is 23.2 Å². The van der Waals surface area contributed by atoms with Gasteiger partial charge in [0.1, 0.15) is 18.5 Å². The molecular formula is C14H21Cl2NO4. The lowest BCUT2D eigenvalue weighted by molar-refractivity contribution is 0.0679. The van der Waals surface area contributed by atoms with E-state index in [0.717, 1.165) is 0 Å². The van der Waals surface area contributed by atoms with Gasteiger partial charge in [0.25, 0.3) is 0 Å². The normalized spacial score (nSPS) is 12.4. The Morgan fingerprint density at radius 2 is 2.00 bits per heavy atom. The number of ether oxygens (including phenoxy) is 3. The van der Waals surface area contributed by atoms with E-state index in [1.807, 2.05) is 0 Å². The minimum Gasteiger partial charge on any atom is -0.491 e. The molecule has 1 aromatic rings. The molecule has 0 saturated heterocycles. The first-order valence-corrected chi connectivity index (χ1v) is 7.42. The SMILES string of the molecule is COCCOCCNCC(O)COc1ccc(Cl)c(Cl)c1. The predicted molar refractivity (Wildman–Crippen MR) is 83.5 cm³/mol. The van der Waals surface area contributed by atoms with Gasteiger partial charge in [-0.2, -0.15) is 0 Å². The molecule has 1 rings (SSSR count). The van der Waals surface area contributed by atoms with Crippen molar-refractivity contribution in [3.05, 3.63) is 28.2 Å². The third-order valence-corrected chi connectivity index (χ3v) is 3.31. The zero-order valence-electron chi connectivity index (χ0n) is 12.0. The number of rotatable bonds is 11. The second kappa shape index (κ2) is 11.1. The molecule has 0 aliphatic rings. The van der Waals surface area contributed by atoms with Crippen molar-refractivity contribution < 1.29 is 19.3 Å². The molecule has 0 radical (unpaired) electrons. The number of nitrogens with one attached hydrogen (secondary N) is 1. The number of halogens is 2. The molecule has 0 bridgehead atoms. The van der Waals surface area contributed by atoms with Crippen molar-refractivity contribution in [1.29, 1.82) is 0 Å². The summed E-state index contributed by atoms with van der Waals surface area (Å²) in [6, 6.07) is 4.98. The van der Waals surface area contributed by atoms with Crippen LogP contribution in [0.2, 0.25) is 10.0 Å². The summed E-state index contributed by atoms with van der Waals surface area (Å²) in [7, 11) is 1.63. The molecule has 5 nitrogen and oxygen atoms in total. The standard InChI is InChI=1S/C14H21Cl2NO4/c1-19-6-7-20-5-4-17-9-11(18)10-21-12-2-3-13(15)14(16)8-12/h2-3,8,11,17-18H,4-7,9-10H2,1H3. The number of hydrogen-bond donors (Lipinski definition) is 2. The Hall–Kier alpha value is -0.560. The van der Waals surface area contributed by atoms with Crippen molar-refractivity contribution in [1.82, 2.24) is 5.32 Å². The molecule has 0 heterocycles. The molecule has 1 unspecified atom stereocenters. The molecule has 21 heavy (non-hydrogen) atoms. The van der Waals surface area contributed by atoms with Crippen LogP contribution in [-0.4, -0.2) is 57.8 Å². The summed E-state index contributed by atoms with van der Waals surface area (Å²) in [5, 5.41) is 13.7. The fraction of sp³-hybridized carbons (Fsp3) is 0.571. The fourth-order valence-corrected chi connectivity index (χ4v) is 1.76. The van der Waals surface area contributed by atoms with Crippen LogP contribution in [0.15, 0.2) is 18.2 Å². The van der Waals surface area contributed by atoms with E-state index in [1.165, 1.54) is 0 Å². The number of hydrogen-bond acceptors (Lipinski definition) is 5. The first kappa shape index (κ1) is 18.5. The summed E-state index contributed by atoms with van der Waals surface area (Å²) in [4.78, 5) is 0. The summed E-state index contributed by atoms with van der Waals surface area (Å²) in [5.74, 6) is 0.575. The fourth-order valence-electron chi connectivity index (χ4n) is 1.48. The van der Waals surface area contributed by atoms with E-state index in [-0.39, 0.29) is 6.61 Å². The first-order chi connectivity index (χ1) is 10.1. The van der Waals surface area contributed by atoms with Crippen molar-refractivity contribution in [2.75, 3.05) is 46.6 Å². The van der Waals surface area contributed by atoms with Crippen molar-refractivity contribution in [3.8, 4) is 5.75 Å². The molecule has 0 fully saturated rings. The lowest BCUT2D eigenvalue weighted by Crippen LogP contribution is -2.33. The number of benzene rings is 1. The third-order valence-electron chi connectivity index (χ3n) is 2.57. The monoisotopic (exact) mass is 337 g/mol. The van der Waals surface area contributed by atoms with Gasteiger partial charge in [-0.3, -0.25) is 0 Å². The Labute approximate surface area is 135 Å². The van der Waals surface area contributed by atoms with E-state index in [0.29, 0.717) is 48.7 Å². The van der Waals surface area contributed by atoms with E-state index in [2.05, 4.69) is 5.32 Å². The van der Waals surface area contributed by atoms with Crippen LogP contribution in [0.5, 0.6) is 5.75 Å². The Morgan fingerprint density at radius 3 is 2.71 bits per heavy atom. The molecule has 0 aromatic heterocycles. The quantitative estimate of drug-likeness (QED) is 0.604. The lowest BCUT2D eigenvalue weighted by Gasteiger charge is -2.13. The first-order valence-electron chi connectivity index (χ1n) is 6.66. The van der Waals surface area contributed by atoms with Crippen LogP contribution in [-0.2, 0) is 9.47 Å². The molecule has 120 valence electrons. The maximum Gasteiger partial charge on any atom is 0.121 e. The van der Waals surface area contributed by atoms with E-state index in [1.54, 1.807) is 25.3 Å². The van der Waals surface area contributed by atoms with Crippen LogP contribution >= 0.6 is 23.2 Å². The smallest absolute Gasteiger partial charge is 0.121 e. The van der Waals surface area contributed by atoms with Gasteiger partial charge in [-0.25, -0.2) is 0 Å². The van der Waals surface area contributed by atoms with Gasteiger partial charge in [-0.05, 0) is 12.1 Å². The molecule has 2 N–H and O–H groups in total. The second-order valence-corrected chi connectivity index (χ2v) is 5.16. The van der Waals surface area contributed by atoms with Crippen LogP contribution in [0.25, 0.3) is 0 Å². The third kappa shape index (κ3) is 8.46. The number of aliphatic hydroxyl groups is 1. The Morgan fingerprint density at radius 1 is 1.19 bits per heavy atom. The highest BCUT2D eigenvalue weighted by atomic mass is 35.5. The summed E-state index contributed by atoms with van der Waals surface area (Å²) >= 11 is 11.7. The summed E-state index contributed by atoms with van der Waals surface area (Å²) in [6.45, 7) is 2.99. The van der Waals surface area contributed by atoms with Gasteiger partial charge in [-0.1, -0.05) is 23.2 Å². The summed E-state index contributed by atoms with van der Waals surface area (Å²) < 4.78 is 15.6. The maximum atomic E-state index is 9.77. The average Bonchev–Trinajstić information content (AvgIpc) is 2.47. The molecule has 0 aliphatic heterocycles. The van der Waals surface area contributed by atoms with E-state index < -0.39 is 6.10 Å². The molecule has 7 heteroatoms. The Balaban J connectivity index is 2.08. The van der Waals surface area contributed by atoms with Crippen LogP contribution in [0, 0.1) is 0 Å². The van der Waals surface area contributed by atoms with Gasteiger partial charge in [0, 0.05) is 26.3 Å². The zero-order valence-corrected chi connectivity index (χ0v) is 13.5. The largest absolute Gasteiger partial charge is 0.491 e. The van der Waals surface area contributed by atoms with E-state index in [4.69, 9.17) is 37.4 Å².